The van der Waals surface area contributed by atoms with Gasteiger partial charge in [0.2, 0.25) is 0 Å². The average molecular weight is 405 g/mol. The van der Waals surface area contributed by atoms with E-state index in [1.807, 2.05) is 6.07 Å². The van der Waals surface area contributed by atoms with E-state index in [4.69, 9.17) is 11.6 Å². The Morgan fingerprint density at radius 3 is 2.70 bits per heavy atom. The third-order valence-corrected chi connectivity index (χ3v) is 6.53. The van der Waals surface area contributed by atoms with Crippen molar-refractivity contribution in [3.63, 3.8) is 0 Å². The number of thioether (sulfide) groups is 1. The van der Waals surface area contributed by atoms with E-state index in [0.29, 0.717) is 15.8 Å². The molecule has 1 aromatic rings. The van der Waals surface area contributed by atoms with Gasteiger partial charge in [-0.3, -0.25) is 14.5 Å². The Hall–Kier alpha value is -1.72. The highest BCUT2D eigenvalue weighted by atomic mass is 35.5. The van der Waals surface area contributed by atoms with Crippen LogP contribution in [-0.4, -0.2) is 34.7 Å². The molecule has 2 aliphatic rings. The van der Waals surface area contributed by atoms with Gasteiger partial charge in [0.1, 0.15) is 0 Å². The summed E-state index contributed by atoms with van der Waals surface area (Å²) in [6.45, 7) is 13.6. The van der Waals surface area contributed by atoms with Crippen molar-refractivity contribution < 1.29 is 9.59 Å². The number of halogens is 1. The van der Waals surface area contributed by atoms with Gasteiger partial charge in [0.15, 0.2) is 0 Å². The summed E-state index contributed by atoms with van der Waals surface area (Å²) in [6.07, 6.45) is 4.33. The van der Waals surface area contributed by atoms with Crippen molar-refractivity contribution >= 4 is 46.3 Å². The second kappa shape index (κ2) is 7.36. The highest BCUT2D eigenvalue weighted by Gasteiger charge is 2.37. The fraction of sp³-hybridized carbons (Fsp3) is 0.429. The lowest BCUT2D eigenvalue weighted by Crippen LogP contribution is -2.48. The molecule has 1 fully saturated rings. The van der Waals surface area contributed by atoms with Crippen LogP contribution in [0.2, 0.25) is 5.02 Å². The minimum atomic E-state index is -0.289. The third-order valence-electron chi connectivity index (χ3n) is 5.29. The van der Waals surface area contributed by atoms with E-state index < -0.39 is 0 Å². The van der Waals surface area contributed by atoms with Crippen LogP contribution < -0.4 is 4.90 Å². The quantitative estimate of drug-likeness (QED) is 0.478. The Morgan fingerprint density at radius 1 is 1.37 bits per heavy atom. The molecular formula is C21H25ClN2O2S. The van der Waals surface area contributed by atoms with E-state index >= 15 is 0 Å². The number of benzene rings is 1. The molecule has 6 heteroatoms. The van der Waals surface area contributed by atoms with E-state index in [0.717, 1.165) is 36.0 Å². The summed E-state index contributed by atoms with van der Waals surface area (Å²) < 4.78 is 0. The molecule has 3 rings (SSSR count). The Morgan fingerprint density at radius 2 is 2.07 bits per heavy atom. The van der Waals surface area contributed by atoms with Crippen molar-refractivity contribution in [2.45, 2.75) is 45.6 Å². The number of fused-ring (bicyclic) bond motifs is 1. The maximum absolute atomic E-state index is 12.5. The van der Waals surface area contributed by atoms with Gasteiger partial charge in [-0.1, -0.05) is 24.6 Å². The average Bonchev–Trinajstić information content (AvgIpc) is 2.84. The fourth-order valence-corrected chi connectivity index (χ4v) is 5.21. The zero-order valence-electron chi connectivity index (χ0n) is 16.2. The van der Waals surface area contributed by atoms with Crippen molar-refractivity contribution in [1.82, 2.24) is 4.90 Å². The molecular weight excluding hydrogens is 380 g/mol. The fourth-order valence-electron chi connectivity index (χ4n) is 4.16. The molecule has 0 spiro atoms. The summed E-state index contributed by atoms with van der Waals surface area (Å²) >= 11 is 7.53. The first-order chi connectivity index (χ1) is 12.7. The maximum atomic E-state index is 12.5. The van der Waals surface area contributed by atoms with Crippen molar-refractivity contribution in [2.75, 3.05) is 18.0 Å². The summed E-state index contributed by atoms with van der Waals surface area (Å²) in [5.74, 6) is 0.0982. The second-order valence-electron chi connectivity index (χ2n) is 7.68. The number of hydrogen-bond donors (Lipinski definition) is 0. The molecule has 1 atom stereocenters. The van der Waals surface area contributed by atoms with Gasteiger partial charge in [-0.15, -0.1) is 6.58 Å². The molecule has 1 unspecified atom stereocenters. The molecule has 1 saturated heterocycles. The summed E-state index contributed by atoms with van der Waals surface area (Å²) in [7, 11) is 0. The highest BCUT2D eigenvalue weighted by Crippen LogP contribution is 2.45. The van der Waals surface area contributed by atoms with Gasteiger partial charge >= 0.3 is 0 Å². The molecule has 0 saturated carbocycles. The van der Waals surface area contributed by atoms with Gasteiger partial charge in [0.25, 0.3) is 11.1 Å². The van der Waals surface area contributed by atoms with Crippen molar-refractivity contribution in [3.8, 4) is 0 Å². The van der Waals surface area contributed by atoms with Crippen LogP contribution in [0.15, 0.2) is 29.7 Å². The van der Waals surface area contributed by atoms with Crippen LogP contribution in [-0.2, 0) is 4.79 Å². The Labute approximate surface area is 170 Å². The van der Waals surface area contributed by atoms with Crippen molar-refractivity contribution in [2.24, 2.45) is 0 Å². The van der Waals surface area contributed by atoms with Crippen LogP contribution in [0, 0.1) is 0 Å². The van der Waals surface area contributed by atoms with E-state index in [1.54, 1.807) is 12.2 Å². The zero-order valence-corrected chi connectivity index (χ0v) is 17.8. The van der Waals surface area contributed by atoms with Gasteiger partial charge in [0, 0.05) is 29.3 Å². The predicted octanol–water partition coefficient (Wildman–Crippen LogP) is 5.67. The van der Waals surface area contributed by atoms with E-state index in [9.17, 15) is 9.59 Å². The topological polar surface area (TPSA) is 40.6 Å². The van der Waals surface area contributed by atoms with Crippen LogP contribution in [0.5, 0.6) is 0 Å². The van der Waals surface area contributed by atoms with Gasteiger partial charge < -0.3 is 4.90 Å². The summed E-state index contributed by atoms with van der Waals surface area (Å²) in [6, 6.07) is 4.07. The molecule has 2 heterocycles. The van der Waals surface area contributed by atoms with Gasteiger partial charge in [-0.2, -0.15) is 0 Å². The smallest absolute Gasteiger partial charge is 0.293 e. The van der Waals surface area contributed by atoms with Gasteiger partial charge in [0.05, 0.1) is 4.91 Å². The number of anilines is 1. The number of rotatable bonds is 4. The SMILES string of the molecule is C=CCN1C(=O)S/C(=C/c2cc3c(cc2Cl)N(CC)C(C)(C)CC3C)C1=O. The minimum Gasteiger partial charge on any atom is -0.366 e. The van der Waals surface area contributed by atoms with Gasteiger partial charge in [-0.25, -0.2) is 0 Å². The molecule has 0 radical (unpaired) electrons. The molecule has 4 nitrogen and oxygen atoms in total. The standard InChI is InChI=1S/C21H25ClN2O2S/c1-6-8-23-19(25)18(27-20(23)26)10-14-9-15-13(3)12-21(4,5)24(7-2)17(15)11-16(14)22/h6,9-11,13H,1,7-8,12H2,2-5H3/b18-10+. The van der Waals surface area contributed by atoms with Crippen LogP contribution in [0.25, 0.3) is 6.08 Å². The number of imide groups is 1. The molecule has 2 aliphatic heterocycles. The van der Waals surface area contributed by atoms with Crippen LogP contribution in [0.1, 0.15) is 51.2 Å². The van der Waals surface area contributed by atoms with E-state index in [2.05, 4.69) is 45.2 Å². The first-order valence-corrected chi connectivity index (χ1v) is 10.4. The lowest BCUT2D eigenvalue weighted by molar-refractivity contribution is -0.122. The minimum absolute atomic E-state index is 0.0688. The third kappa shape index (κ3) is 3.55. The molecule has 2 amide bonds. The number of nitrogens with zero attached hydrogens (tertiary/aromatic N) is 2. The van der Waals surface area contributed by atoms with Gasteiger partial charge in [-0.05, 0) is 74.2 Å². The lowest BCUT2D eigenvalue weighted by Gasteiger charge is -2.47. The second-order valence-corrected chi connectivity index (χ2v) is 9.08. The largest absolute Gasteiger partial charge is 0.366 e. The first-order valence-electron chi connectivity index (χ1n) is 9.17. The molecule has 27 heavy (non-hydrogen) atoms. The Kier molecular flexibility index (Phi) is 5.46. The van der Waals surface area contributed by atoms with E-state index in [-0.39, 0.29) is 23.2 Å². The van der Waals surface area contributed by atoms with Crippen LogP contribution in [0.4, 0.5) is 10.5 Å². The van der Waals surface area contributed by atoms with Crippen molar-refractivity contribution in [3.05, 3.63) is 45.8 Å². The zero-order chi connectivity index (χ0) is 19.9. The summed E-state index contributed by atoms with van der Waals surface area (Å²) in [4.78, 5) is 28.5. The molecule has 0 aliphatic carbocycles. The molecule has 144 valence electrons. The van der Waals surface area contributed by atoms with E-state index in [1.165, 1.54) is 10.5 Å². The van der Waals surface area contributed by atoms with Crippen molar-refractivity contribution in [1.29, 1.82) is 0 Å². The number of carbonyl (C=O) groups is 2. The molecule has 0 aromatic heterocycles. The molecule has 1 aromatic carbocycles. The molecule has 0 N–H and O–H groups in total. The Bertz CT molecular complexity index is 847. The van der Waals surface area contributed by atoms with Crippen LogP contribution >= 0.6 is 23.4 Å². The molecule has 0 bridgehead atoms. The van der Waals surface area contributed by atoms with Crippen LogP contribution in [0.3, 0.4) is 0 Å². The summed E-state index contributed by atoms with van der Waals surface area (Å²) in [5, 5.41) is 0.320. The normalized spacial score (nSPS) is 23.1. The summed E-state index contributed by atoms with van der Waals surface area (Å²) in [5.41, 5.74) is 3.24. The number of carbonyl (C=O) groups excluding carboxylic acids is 2. The highest BCUT2D eigenvalue weighted by molar-refractivity contribution is 8.18. The first kappa shape index (κ1) is 20.0. The maximum Gasteiger partial charge on any atom is 0.293 e. The lowest BCUT2D eigenvalue weighted by atomic mass is 9.79. The number of amides is 2. The number of hydrogen-bond acceptors (Lipinski definition) is 4. The Balaban J connectivity index is 2.03. The monoisotopic (exact) mass is 404 g/mol. The predicted molar refractivity (Wildman–Crippen MR) is 114 cm³/mol.